The van der Waals surface area contributed by atoms with Crippen LogP contribution in [-0.4, -0.2) is 20.9 Å². The van der Waals surface area contributed by atoms with Crippen molar-refractivity contribution in [2.75, 3.05) is 0 Å². The Bertz CT molecular complexity index is 575. The predicted molar refractivity (Wildman–Crippen MR) is 70.5 cm³/mol. The maximum atomic E-state index is 12.1. The number of H-pyrrole nitrogens is 1. The van der Waals surface area contributed by atoms with E-state index in [1.165, 1.54) is 0 Å². The smallest absolute Gasteiger partial charge is 0.268 e. The molecule has 0 radical (unpaired) electrons. The topological polar surface area (TPSA) is 70.7 Å². The molecule has 0 unspecified atom stereocenters. The molecule has 2 N–H and O–H groups in total. The first kappa shape index (κ1) is 11.9. The van der Waals surface area contributed by atoms with Gasteiger partial charge in [0.1, 0.15) is 5.69 Å². The fraction of sp³-hybridized carbons (Fsp3) is 0.357. The van der Waals surface area contributed by atoms with Crippen LogP contribution in [0.3, 0.4) is 0 Å². The van der Waals surface area contributed by atoms with Gasteiger partial charge in [-0.1, -0.05) is 0 Å². The highest BCUT2D eigenvalue weighted by Gasteiger charge is 2.35. The third-order valence-corrected chi connectivity index (χ3v) is 3.31. The van der Waals surface area contributed by atoms with Gasteiger partial charge in [-0.15, -0.1) is 0 Å². The number of hydrogen-bond acceptors (Lipinski definition) is 3. The first-order chi connectivity index (χ1) is 9.24. The molecule has 1 atom stereocenters. The van der Waals surface area contributed by atoms with Gasteiger partial charge < -0.3 is 10.3 Å². The fourth-order valence-corrected chi connectivity index (χ4v) is 2.13. The summed E-state index contributed by atoms with van der Waals surface area (Å²) < 4.78 is 0. The van der Waals surface area contributed by atoms with E-state index in [9.17, 15) is 4.79 Å². The molecule has 5 heteroatoms. The van der Waals surface area contributed by atoms with Gasteiger partial charge in [0.15, 0.2) is 5.82 Å². The van der Waals surface area contributed by atoms with Crippen LogP contribution in [0.15, 0.2) is 30.6 Å². The summed E-state index contributed by atoms with van der Waals surface area (Å²) in [4.78, 5) is 23.8. The first-order valence-electron chi connectivity index (χ1n) is 6.48. The van der Waals surface area contributed by atoms with E-state index in [1.54, 1.807) is 18.5 Å². The van der Waals surface area contributed by atoms with Gasteiger partial charge >= 0.3 is 0 Å². The van der Waals surface area contributed by atoms with Gasteiger partial charge in [-0.3, -0.25) is 4.79 Å². The van der Waals surface area contributed by atoms with E-state index in [-0.39, 0.29) is 11.9 Å². The van der Waals surface area contributed by atoms with Crippen molar-refractivity contribution in [1.29, 1.82) is 0 Å². The van der Waals surface area contributed by atoms with Gasteiger partial charge in [-0.25, -0.2) is 9.97 Å². The van der Waals surface area contributed by atoms with Crippen LogP contribution < -0.4 is 5.32 Å². The average Bonchev–Trinajstić information content (AvgIpc) is 3.09. The molecule has 98 valence electrons. The summed E-state index contributed by atoms with van der Waals surface area (Å²) in [5.74, 6) is 1.06. The second-order valence-electron chi connectivity index (χ2n) is 4.93. The molecule has 0 aliphatic heterocycles. The third-order valence-electron chi connectivity index (χ3n) is 3.31. The Morgan fingerprint density at radius 1 is 1.47 bits per heavy atom. The Labute approximate surface area is 111 Å². The Hall–Kier alpha value is -2.17. The number of aromatic amines is 1. The number of nitrogens with zero attached hydrogens (tertiary/aromatic N) is 2. The van der Waals surface area contributed by atoms with Crippen molar-refractivity contribution in [3.63, 3.8) is 0 Å². The minimum Gasteiger partial charge on any atom is -0.357 e. The summed E-state index contributed by atoms with van der Waals surface area (Å²) in [6.45, 7) is 1.93. The minimum absolute atomic E-state index is 0.0873. The van der Waals surface area contributed by atoms with E-state index >= 15 is 0 Å². The van der Waals surface area contributed by atoms with Crippen LogP contribution in [0, 0.1) is 12.8 Å². The molecule has 5 nitrogen and oxygen atoms in total. The van der Waals surface area contributed by atoms with Crippen LogP contribution in [0.2, 0.25) is 0 Å². The molecule has 0 bridgehead atoms. The molecule has 1 amide bonds. The molecule has 0 aromatic carbocycles. The lowest BCUT2D eigenvalue weighted by molar-refractivity contribution is 0.0925. The van der Waals surface area contributed by atoms with E-state index in [1.807, 2.05) is 19.1 Å². The molecule has 1 fully saturated rings. The number of carbonyl (C=O) groups excluding carboxylic acids is 1. The van der Waals surface area contributed by atoms with Crippen LogP contribution in [0.5, 0.6) is 0 Å². The fourth-order valence-electron chi connectivity index (χ4n) is 2.13. The molecule has 2 aromatic rings. The summed E-state index contributed by atoms with van der Waals surface area (Å²) in [6, 6.07) is 5.34. The highest BCUT2D eigenvalue weighted by Crippen LogP contribution is 2.39. The van der Waals surface area contributed by atoms with E-state index < -0.39 is 0 Å². The Morgan fingerprint density at radius 3 is 2.95 bits per heavy atom. The summed E-state index contributed by atoms with van der Waals surface area (Å²) in [7, 11) is 0. The molecule has 3 rings (SSSR count). The highest BCUT2D eigenvalue weighted by molar-refractivity contribution is 5.92. The highest BCUT2D eigenvalue weighted by atomic mass is 16.2. The third kappa shape index (κ3) is 2.65. The first-order valence-corrected chi connectivity index (χ1v) is 6.48. The van der Waals surface area contributed by atoms with Crippen LogP contribution in [0.1, 0.15) is 40.9 Å². The van der Waals surface area contributed by atoms with E-state index in [2.05, 4.69) is 20.3 Å². The van der Waals surface area contributed by atoms with Gasteiger partial charge in [0.05, 0.1) is 6.04 Å². The zero-order valence-electron chi connectivity index (χ0n) is 10.8. The maximum Gasteiger partial charge on any atom is 0.268 e. The minimum atomic E-state index is -0.105. The van der Waals surface area contributed by atoms with Crippen molar-refractivity contribution in [2.24, 2.45) is 5.92 Å². The Morgan fingerprint density at radius 2 is 2.32 bits per heavy atom. The molecule has 1 saturated carbocycles. The average molecular weight is 256 g/mol. The maximum absolute atomic E-state index is 12.1. The van der Waals surface area contributed by atoms with Crippen LogP contribution in [0.25, 0.3) is 0 Å². The molecule has 2 heterocycles. The van der Waals surface area contributed by atoms with Crippen LogP contribution >= 0.6 is 0 Å². The van der Waals surface area contributed by atoms with Gasteiger partial charge in [0.25, 0.3) is 5.91 Å². The number of aromatic nitrogens is 3. The van der Waals surface area contributed by atoms with Crippen LogP contribution in [-0.2, 0) is 0 Å². The van der Waals surface area contributed by atoms with Gasteiger partial charge in [-0.05, 0) is 43.9 Å². The molecular formula is C14H16N4O. The van der Waals surface area contributed by atoms with E-state index in [4.69, 9.17) is 0 Å². The molecule has 2 aromatic heterocycles. The number of rotatable bonds is 4. The summed E-state index contributed by atoms with van der Waals surface area (Å²) >= 11 is 0. The van der Waals surface area contributed by atoms with Crippen molar-refractivity contribution in [3.8, 4) is 0 Å². The Kier molecular flexibility index (Phi) is 3.03. The van der Waals surface area contributed by atoms with Gasteiger partial charge in [0, 0.05) is 18.1 Å². The molecule has 1 aliphatic rings. The lowest BCUT2D eigenvalue weighted by Gasteiger charge is -2.16. The standard InChI is InChI=1S/C14H16N4O/c1-9-6-8-16-13(17-9)12(10-4-5-10)18-14(19)11-3-2-7-15-11/h2-3,6-8,10,12,15H,4-5H2,1H3,(H,18,19)/t12-/m0/s1. The number of amides is 1. The summed E-state index contributed by atoms with van der Waals surface area (Å²) in [6.07, 6.45) is 5.72. The lowest BCUT2D eigenvalue weighted by atomic mass is 10.1. The normalized spacial score (nSPS) is 16.1. The largest absolute Gasteiger partial charge is 0.357 e. The second-order valence-corrected chi connectivity index (χ2v) is 4.93. The van der Waals surface area contributed by atoms with Gasteiger partial charge in [-0.2, -0.15) is 0 Å². The summed E-state index contributed by atoms with van der Waals surface area (Å²) in [5, 5.41) is 3.03. The van der Waals surface area contributed by atoms with E-state index in [0.717, 1.165) is 18.5 Å². The zero-order chi connectivity index (χ0) is 13.2. The van der Waals surface area contributed by atoms with Gasteiger partial charge in [0.2, 0.25) is 0 Å². The summed E-state index contributed by atoms with van der Waals surface area (Å²) in [5.41, 5.74) is 1.49. The molecule has 0 spiro atoms. The number of hydrogen-bond donors (Lipinski definition) is 2. The predicted octanol–water partition coefficient (Wildman–Crippen LogP) is 1.99. The number of nitrogens with one attached hydrogen (secondary N) is 2. The zero-order valence-corrected chi connectivity index (χ0v) is 10.8. The SMILES string of the molecule is Cc1ccnc([C@@H](NC(=O)c2ccc[nH]2)C2CC2)n1. The van der Waals surface area contributed by atoms with Crippen molar-refractivity contribution in [2.45, 2.75) is 25.8 Å². The molecule has 1 aliphatic carbocycles. The lowest BCUT2D eigenvalue weighted by Crippen LogP contribution is -2.31. The monoisotopic (exact) mass is 256 g/mol. The quantitative estimate of drug-likeness (QED) is 0.878. The number of carbonyl (C=O) groups is 1. The van der Waals surface area contributed by atoms with Crippen molar-refractivity contribution in [3.05, 3.63) is 47.8 Å². The second kappa shape index (κ2) is 4.84. The van der Waals surface area contributed by atoms with Crippen molar-refractivity contribution < 1.29 is 4.79 Å². The molecule has 19 heavy (non-hydrogen) atoms. The number of aryl methyl sites for hydroxylation is 1. The Balaban J connectivity index is 1.80. The van der Waals surface area contributed by atoms with Crippen molar-refractivity contribution >= 4 is 5.91 Å². The molecular weight excluding hydrogens is 240 g/mol. The molecule has 0 saturated heterocycles. The van der Waals surface area contributed by atoms with E-state index in [0.29, 0.717) is 17.4 Å². The van der Waals surface area contributed by atoms with Crippen LogP contribution in [0.4, 0.5) is 0 Å². The van der Waals surface area contributed by atoms with Crippen molar-refractivity contribution in [1.82, 2.24) is 20.3 Å².